The number of rotatable bonds is 5. The molecule has 1 heteroatoms. The number of allylic oxidation sites excluding steroid dienone is 4. The molecule has 3 aromatic rings. The summed E-state index contributed by atoms with van der Waals surface area (Å²) in [5, 5.41) is 2.90. The summed E-state index contributed by atoms with van der Waals surface area (Å²) in [5.74, 6) is 0. The van der Waals surface area contributed by atoms with Crippen molar-refractivity contribution in [1.29, 1.82) is 0 Å². The number of fused-ring (bicyclic) bond motifs is 4. The number of aryl methyl sites for hydroxylation is 1. The normalized spacial score (nSPS) is 18.4. The molecular weight excluding hydrogens is 410 g/mol. The van der Waals surface area contributed by atoms with Crippen LogP contribution in [0.4, 0.5) is 0 Å². The van der Waals surface area contributed by atoms with E-state index in [0.717, 1.165) is 19.0 Å². The lowest BCUT2D eigenvalue weighted by atomic mass is 9.78. The number of hydrogen-bond acceptors (Lipinski definition) is 1. The summed E-state index contributed by atoms with van der Waals surface area (Å²) in [5.41, 5.74) is 10.6. The summed E-state index contributed by atoms with van der Waals surface area (Å²) in [7, 11) is 2.31. The average molecular weight is 448 g/mol. The molecule has 1 fully saturated rings. The van der Waals surface area contributed by atoms with E-state index in [9.17, 15) is 0 Å². The summed E-state index contributed by atoms with van der Waals surface area (Å²) in [4.78, 5) is 2.58. The van der Waals surface area contributed by atoms with Crippen LogP contribution in [-0.4, -0.2) is 18.0 Å². The SMILES string of the molecule is CN(Cc1ccc(Cc2cccc3ccc4c(c23)CCC2=C4C=CCC2)cc1)C1CCCCC1. The molecule has 0 N–H and O–H groups in total. The Morgan fingerprint density at radius 1 is 0.824 bits per heavy atom. The van der Waals surface area contributed by atoms with E-state index in [-0.39, 0.29) is 0 Å². The fourth-order valence-corrected chi connectivity index (χ4v) is 6.64. The molecule has 3 aliphatic rings. The summed E-state index contributed by atoms with van der Waals surface area (Å²) >= 11 is 0. The van der Waals surface area contributed by atoms with Crippen molar-refractivity contribution < 1.29 is 0 Å². The van der Waals surface area contributed by atoms with Crippen LogP contribution in [0.15, 0.2) is 72.3 Å². The molecule has 3 aliphatic carbocycles. The van der Waals surface area contributed by atoms with E-state index in [4.69, 9.17) is 0 Å². The molecule has 0 aromatic heterocycles. The highest BCUT2D eigenvalue weighted by atomic mass is 15.1. The molecule has 0 aliphatic heterocycles. The van der Waals surface area contributed by atoms with E-state index in [1.54, 1.807) is 11.1 Å². The Labute approximate surface area is 205 Å². The van der Waals surface area contributed by atoms with Crippen LogP contribution in [0, 0.1) is 0 Å². The highest BCUT2D eigenvalue weighted by molar-refractivity contribution is 5.96. The Balaban J connectivity index is 1.26. The molecule has 0 saturated heterocycles. The van der Waals surface area contributed by atoms with Crippen LogP contribution in [-0.2, 0) is 19.4 Å². The molecule has 0 atom stereocenters. The summed E-state index contributed by atoms with van der Waals surface area (Å²) in [6, 6.07) is 21.8. The second-order valence-electron chi connectivity index (χ2n) is 10.8. The van der Waals surface area contributed by atoms with Gasteiger partial charge < -0.3 is 0 Å². The minimum absolute atomic E-state index is 0.768. The van der Waals surface area contributed by atoms with Crippen molar-refractivity contribution in [1.82, 2.24) is 4.90 Å². The smallest absolute Gasteiger partial charge is 0.0233 e. The zero-order valence-electron chi connectivity index (χ0n) is 20.7. The fraction of sp³-hybridized carbons (Fsp3) is 0.394. The van der Waals surface area contributed by atoms with Gasteiger partial charge >= 0.3 is 0 Å². The minimum atomic E-state index is 0.768. The van der Waals surface area contributed by atoms with Gasteiger partial charge in [0, 0.05) is 12.6 Å². The summed E-state index contributed by atoms with van der Waals surface area (Å²) < 4.78 is 0. The molecule has 0 bridgehead atoms. The second-order valence-corrected chi connectivity index (χ2v) is 10.8. The molecule has 0 radical (unpaired) electrons. The first kappa shape index (κ1) is 21.9. The predicted molar refractivity (Wildman–Crippen MR) is 145 cm³/mol. The Kier molecular flexibility index (Phi) is 6.14. The van der Waals surface area contributed by atoms with Gasteiger partial charge in [-0.05, 0) is 96.2 Å². The Morgan fingerprint density at radius 2 is 1.65 bits per heavy atom. The zero-order valence-corrected chi connectivity index (χ0v) is 20.7. The van der Waals surface area contributed by atoms with Crippen molar-refractivity contribution in [3.8, 4) is 0 Å². The molecule has 34 heavy (non-hydrogen) atoms. The van der Waals surface area contributed by atoms with E-state index in [1.165, 1.54) is 96.4 Å². The highest BCUT2D eigenvalue weighted by Crippen LogP contribution is 2.41. The maximum absolute atomic E-state index is 2.58. The molecule has 3 aromatic carbocycles. The third-order valence-electron chi connectivity index (χ3n) is 8.53. The van der Waals surface area contributed by atoms with Gasteiger partial charge in [-0.1, -0.05) is 91.6 Å². The van der Waals surface area contributed by atoms with Crippen molar-refractivity contribution in [3.05, 3.63) is 100 Å². The Bertz CT molecular complexity index is 1240. The van der Waals surface area contributed by atoms with Crippen LogP contribution in [0.1, 0.15) is 79.2 Å². The van der Waals surface area contributed by atoms with Crippen LogP contribution >= 0.6 is 0 Å². The van der Waals surface area contributed by atoms with Gasteiger partial charge in [-0.15, -0.1) is 0 Å². The number of nitrogens with zero attached hydrogens (tertiary/aromatic N) is 1. The molecule has 0 unspecified atom stereocenters. The van der Waals surface area contributed by atoms with Gasteiger partial charge in [0.1, 0.15) is 0 Å². The van der Waals surface area contributed by atoms with Gasteiger partial charge in [0.15, 0.2) is 0 Å². The molecular formula is C33H37N. The first-order valence-corrected chi connectivity index (χ1v) is 13.5. The molecule has 174 valence electrons. The fourth-order valence-electron chi connectivity index (χ4n) is 6.64. The molecule has 0 spiro atoms. The van der Waals surface area contributed by atoms with E-state index in [1.807, 2.05) is 0 Å². The molecule has 0 heterocycles. The van der Waals surface area contributed by atoms with Crippen LogP contribution in [0.2, 0.25) is 0 Å². The van der Waals surface area contributed by atoms with Crippen molar-refractivity contribution in [2.24, 2.45) is 0 Å². The maximum Gasteiger partial charge on any atom is 0.0233 e. The molecule has 6 rings (SSSR count). The Hall–Kier alpha value is -2.64. The molecule has 1 nitrogen and oxygen atoms in total. The third kappa shape index (κ3) is 4.27. The van der Waals surface area contributed by atoms with Crippen LogP contribution in [0.25, 0.3) is 16.3 Å². The minimum Gasteiger partial charge on any atom is -0.299 e. The van der Waals surface area contributed by atoms with E-state index < -0.39 is 0 Å². The van der Waals surface area contributed by atoms with E-state index >= 15 is 0 Å². The second kappa shape index (κ2) is 9.55. The average Bonchev–Trinajstić information content (AvgIpc) is 2.90. The van der Waals surface area contributed by atoms with Gasteiger partial charge in [0.05, 0.1) is 0 Å². The van der Waals surface area contributed by atoms with E-state index in [2.05, 4.69) is 78.7 Å². The lowest BCUT2D eigenvalue weighted by Gasteiger charge is -2.31. The van der Waals surface area contributed by atoms with Crippen LogP contribution in [0.5, 0.6) is 0 Å². The quantitative estimate of drug-likeness (QED) is 0.380. The lowest BCUT2D eigenvalue weighted by Crippen LogP contribution is -2.32. The molecule has 1 saturated carbocycles. The zero-order chi connectivity index (χ0) is 22.9. The largest absolute Gasteiger partial charge is 0.299 e. The summed E-state index contributed by atoms with van der Waals surface area (Å²) in [6.45, 7) is 1.07. The molecule has 0 amide bonds. The van der Waals surface area contributed by atoms with Crippen LogP contribution < -0.4 is 0 Å². The topological polar surface area (TPSA) is 3.24 Å². The van der Waals surface area contributed by atoms with Gasteiger partial charge in [-0.2, -0.15) is 0 Å². The monoisotopic (exact) mass is 447 g/mol. The maximum atomic E-state index is 2.58. The van der Waals surface area contributed by atoms with Gasteiger partial charge in [0.25, 0.3) is 0 Å². The van der Waals surface area contributed by atoms with Crippen molar-refractivity contribution in [3.63, 3.8) is 0 Å². The number of benzene rings is 3. The van der Waals surface area contributed by atoms with Gasteiger partial charge in [-0.25, -0.2) is 0 Å². The standard InChI is InChI=1S/C33H37N/c1-34(29-11-3-2-4-12-29)23-25-16-14-24(15-17-25)22-28-10-7-9-27-19-20-31-30-13-6-5-8-26(30)18-21-32(31)33(27)28/h6-7,9-10,13-17,19-20,29H,2-5,8,11-12,18,21-23H2,1H3. The van der Waals surface area contributed by atoms with Crippen molar-refractivity contribution in [2.75, 3.05) is 7.05 Å². The predicted octanol–water partition coefficient (Wildman–Crippen LogP) is 8.24. The van der Waals surface area contributed by atoms with Crippen molar-refractivity contribution >= 4 is 16.3 Å². The van der Waals surface area contributed by atoms with Crippen molar-refractivity contribution in [2.45, 2.75) is 76.8 Å². The Morgan fingerprint density at radius 3 is 2.50 bits per heavy atom. The lowest BCUT2D eigenvalue weighted by molar-refractivity contribution is 0.184. The third-order valence-corrected chi connectivity index (χ3v) is 8.53. The highest BCUT2D eigenvalue weighted by Gasteiger charge is 2.22. The van der Waals surface area contributed by atoms with Crippen LogP contribution in [0.3, 0.4) is 0 Å². The summed E-state index contributed by atoms with van der Waals surface area (Å²) in [6.07, 6.45) is 17.6. The number of hydrogen-bond donors (Lipinski definition) is 0. The first-order valence-electron chi connectivity index (χ1n) is 13.5. The first-order chi connectivity index (χ1) is 16.8. The van der Waals surface area contributed by atoms with E-state index in [0.29, 0.717) is 0 Å². The van der Waals surface area contributed by atoms with Gasteiger partial charge in [-0.3, -0.25) is 4.90 Å². The van der Waals surface area contributed by atoms with Gasteiger partial charge in [0.2, 0.25) is 0 Å².